The van der Waals surface area contributed by atoms with E-state index >= 15 is 0 Å². The van der Waals surface area contributed by atoms with Crippen LogP contribution in [0.3, 0.4) is 0 Å². The van der Waals surface area contributed by atoms with Gasteiger partial charge in [-0.3, -0.25) is 19.3 Å². The lowest BCUT2D eigenvalue weighted by Crippen LogP contribution is -2.60. The summed E-state index contributed by atoms with van der Waals surface area (Å²) in [4.78, 5) is 42.9. The highest BCUT2D eigenvalue weighted by Gasteiger charge is 2.54. The number of rotatable bonds is 5. The first-order chi connectivity index (χ1) is 16.3. The maximum Gasteiger partial charge on any atom is 0.256 e. The fourth-order valence-corrected chi connectivity index (χ4v) is 4.56. The minimum absolute atomic E-state index is 0.0205. The summed E-state index contributed by atoms with van der Waals surface area (Å²) in [6.07, 6.45) is 1.54. The van der Waals surface area contributed by atoms with Crippen molar-refractivity contribution in [1.82, 2.24) is 15.1 Å². The number of carbonyl (C=O) groups excluding carboxylic acids is 3. The van der Waals surface area contributed by atoms with Crippen LogP contribution in [0.25, 0.3) is 0 Å². The lowest BCUT2D eigenvalue weighted by Gasteiger charge is -2.44. The molecule has 7 nitrogen and oxygen atoms in total. The van der Waals surface area contributed by atoms with Gasteiger partial charge in [0.1, 0.15) is 17.6 Å². The average Bonchev–Trinajstić information content (AvgIpc) is 3.23. The number of hydrogen-bond acceptors (Lipinski definition) is 4. The van der Waals surface area contributed by atoms with E-state index in [1.807, 2.05) is 19.9 Å². The Morgan fingerprint density at radius 1 is 1.03 bits per heavy atom. The average molecular weight is 468 g/mol. The smallest absolute Gasteiger partial charge is 0.256 e. The van der Waals surface area contributed by atoms with E-state index in [0.717, 1.165) is 6.42 Å². The van der Waals surface area contributed by atoms with Crippen molar-refractivity contribution in [3.8, 4) is 0 Å². The van der Waals surface area contributed by atoms with Crippen LogP contribution in [0.15, 0.2) is 54.6 Å². The van der Waals surface area contributed by atoms with E-state index < -0.39 is 17.6 Å². The molecule has 0 radical (unpaired) electrons. The van der Waals surface area contributed by atoms with Crippen molar-refractivity contribution in [3.05, 3.63) is 71.5 Å². The van der Waals surface area contributed by atoms with Crippen molar-refractivity contribution in [1.29, 1.82) is 0 Å². The van der Waals surface area contributed by atoms with Gasteiger partial charge in [0.15, 0.2) is 0 Å². The van der Waals surface area contributed by atoms with Crippen LogP contribution in [0.1, 0.15) is 53.8 Å². The number of halogens is 1. The first-order valence-corrected chi connectivity index (χ1v) is 11.7. The van der Waals surface area contributed by atoms with Gasteiger partial charge in [-0.15, -0.1) is 0 Å². The Bertz CT molecular complexity index is 1040. The van der Waals surface area contributed by atoms with Crippen LogP contribution in [0.5, 0.6) is 0 Å². The van der Waals surface area contributed by atoms with Crippen molar-refractivity contribution < 1.29 is 23.5 Å². The number of likely N-dealkylation sites (tertiary alicyclic amines) is 1. The Labute approximate surface area is 198 Å². The molecule has 2 atom stereocenters. The second-order valence-corrected chi connectivity index (χ2v) is 8.93. The number of piperidine rings is 1. The lowest BCUT2D eigenvalue weighted by atomic mass is 9.96. The largest absolute Gasteiger partial charge is 0.353 e. The summed E-state index contributed by atoms with van der Waals surface area (Å²) in [5.74, 6) is -1.09. The molecule has 0 bridgehead atoms. The molecule has 0 saturated carbocycles. The summed E-state index contributed by atoms with van der Waals surface area (Å²) in [7, 11) is 0. The van der Waals surface area contributed by atoms with Crippen molar-refractivity contribution in [2.75, 3.05) is 19.7 Å². The zero-order chi connectivity index (χ0) is 24.3. The van der Waals surface area contributed by atoms with Crippen molar-refractivity contribution in [2.45, 2.75) is 50.9 Å². The molecule has 3 amide bonds. The first kappa shape index (κ1) is 23.9. The third kappa shape index (κ3) is 4.68. The number of benzene rings is 2. The molecular formula is C26H30FN3O4. The van der Waals surface area contributed by atoms with Gasteiger partial charge in [0.2, 0.25) is 5.91 Å². The predicted octanol–water partition coefficient (Wildman–Crippen LogP) is 3.21. The van der Waals surface area contributed by atoms with E-state index in [1.54, 1.807) is 34.1 Å². The minimum atomic E-state index is -0.968. The molecule has 1 spiro atoms. The molecule has 180 valence electrons. The highest BCUT2D eigenvalue weighted by atomic mass is 19.1. The minimum Gasteiger partial charge on any atom is -0.353 e. The van der Waals surface area contributed by atoms with E-state index in [0.29, 0.717) is 37.1 Å². The SMILES string of the molecule is CC[C@H](C)NC(=O)[C@H]1COC2(CCN(C(=O)c3ccc(F)cc3)CC2)N1C(=O)c1ccccc1. The molecule has 2 saturated heterocycles. The summed E-state index contributed by atoms with van der Waals surface area (Å²) in [6, 6.07) is 13.6. The molecule has 2 fully saturated rings. The van der Waals surface area contributed by atoms with Gasteiger partial charge in [-0.2, -0.15) is 0 Å². The van der Waals surface area contributed by atoms with Crippen LogP contribution in [-0.4, -0.2) is 65.0 Å². The molecule has 1 N–H and O–H groups in total. The van der Waals surface area contributed by atoms with Crippen LogP contribution in [0.4, 0.5) is 4.39 Å². The molecule has 2 aliphatic rings. The fourth-order valence-electron chi connectivity index (χ4n) is 4.56. The summed E-state index contributed by atoms with van der Waals surface area (Å²) in [5.41, 5.74) is -0.0736. The monoisotopic (exact) mass is 467 g/mol. The van der Waals surface area contributed by atoms with E-state index in [2.05, 4.69) is 5.32 Å². The zero-order valence-corrected chi connectivity index (χ0v) is 19.5. The molecule has 34 heavy (non-hydrogen) atoms. The predicted molar refractivity (Wildman–Crippen MR) is 125 cm³/mol. The first-order valence-electron chi connectivity index (χ1n) is 11.7. The Balaban J connectivity index is 1.56. The van der Waals surface area contributed by atoms with Gasteiger partial charge in [-0.25, -0.2) is 4.39 Å². The van der Waals surface area contributed by atoms with Crippen molar-refractivity contribution >= 4 is 17.7 Å². The Morgan fingerprint density at radius 2 is 1.65 bits per heavy atom. The summed E-state index contributed by atoms with van der Waals surface area (Å²) < 4.78 is 19.4. The fraction of sp³-hybridized carbons (Fsp3) is 0.423. The Hall–Kier alpha value is -3.26. The molecule has 0 unspecified atom stereocenters. The topological polar surface area (TPSA) is 79.0 Å². The van der Waals surface area contributed by atoms with Crippen LogP contribution in [0, 0.1) is 5.82 Å². The van der Waals surface area contributed by atoms with Gasteiger partial charge in [0.25, 0.3) is 11.8 Å². The van der Waals surface area contributed by atoms with E-state index in [4.69, 9.17) is 4.74 Å². The number of amides is 3. The van der Waals surface area contributed by atoms with Gasteiger partial charge >= 0.3 is 0 Å². The van der Waals surface area contributed by atoms with Gasteiger partial charge in [0, 0.05) is 43.1 Å². The number of nitrogens with one attached hydrogen (secondary N) is 1. The maximum atomic E-state index is 13.6. The number of hydrogen-bond donors (Lipinski definition) is 1. The molecule has 2 aromatic rings. The van der Waals surface area contributed by atoms with E-state index in [1.165, 1.54) is 24.3 Å². The van der Waals surface area contributed by atoms with Crippen LogP contribution in [-0.2, 0) is 9.53 Å². The normalized spacial score (nSPS) is 20.3. The standard InChI is InChI=1S/C26H30FN3O4/c1-3-18(2)28-23(31)22-17-34-26(30(22)25(33)19-7-5-4-6-8-19)13-15-29(16-14-26)24(32)20-9-11-21(27)12-10-20/h4-12,18,22H,3,13-17H2,1-2H3,(H,28,31)/t18-,22+/m0/s1. The van der Waals surface area contributed by atoms with Gasteiger partial charge in [-0.05, 0) is 49.7 Å². The highest BCUT2D eigenvalue weighted by Crippen LogP contribution is 2.38. The molecule has 2 aromatic carbocycles. The van der Waals surface area contributed by atoms with Gasteiger partial charge < -0.3 is 15.0 Å². The Morgan fingerprint density at radius 3 is 2.26 bits per heavy atom. The number of nitrogens with zero attached hydrogens (tertiary/aromatic N) is 2. The van der Waals surface area contributed by atoms with Crippen LogP contribution < -0.4 is 5.32 Å². The maximum absolute atomic E-state index is 13.6. The lowest BCUT2D eigenvalue weighted by molar-refractivity contribution is -0.128. The summed E-state index contributed by atoms with van der Waals surface area (Å²) in [6.45, 7) is 4.72. The molecule has 4 rings (SSSR count). The quantitative estimate of drug-likeness (QED) is 0.733. The summed E-state index contributed by atoms with van der Waals surface area (Å²) in [5, 5.41) is 2.97. The molecule has 0 aromatic heterocycles. The third-order valence-corrected chi connectivity index (χ3v) is 6.73. The molecule has 2 aliphatic heterocycles. The van der Waals surface area contributed by atoms with Crippen LogP contribution in [0.2, 0.25) is 0 Å². The molecule has 8 heteroatoms. The summed E-state index contributed by atoms with van der Waals surface area (Å²) >= 11 is 0. The Kier molecular flexibility index (Phi) is 6.97. The second-order valence-electron chi connectivity index (χ2n) is 8.93. The van der Waals surface area contributed by atoms with Crippen LogP contribution >= 0.6 is 0 Å². The molecular weight excluding hydrogens is 437 g/mol. The zero-order valence-electron chi connectivity index (χ0n) is 19.5. The van der Waals surface area contributed by atoms with Gasteiger partial charge in [-0.1, -0.05) is 25.1 Å². The van der Waals surface area contributed by atoms with Gasteiger partial charge in [0.05, 0.1) is 6.61 Å². The number of ether oxygens (including phenoxy) is 1. The second kappa shape index (κ2) is 9.93. The van der Waals surface area contributed by atoms with Crippen molar-refractivity contribution in [3.63, 3.8) is 0 Å². The highest BCUT2D eigenvalue weighted by molar-refractivity contribution is 5.98. The van der Waals surface area contributed by atoms with E-state index in [-0.39, 0.29) is 30.4 Å². The number of carbonyl (C=O) groups is 3. The van der Waals surface area contributed by atoms with Crippen molar-refractivity contribution in [2.24, 2.45) is 0 Å². The molecule has 0 aliphatic carbocycles. The van der Waals surface area contributed by atoms with E-state index in [9.17, 15) is 18.8 Å². The molecule has 2 heterocycles. The third-order valence-electron chi connectivity index (χ3n) is 6.73.